The van der Waals surface area contributed by atoms with Crippen molar-refractivity contribution in [2.75, 3.05) is 18.1 Å². The van der Waals surface area contributed by atoms with Crippen molar-refractivity contribution in [2.24, 2.45) is 0 Å². The van der Waals surface area contributed by atoms with E-state index in [2.05, 4.69) is 5.32 Å². The van der Waals surface area contributed by atoms with Crippen LogP contribution in [0.25, 0.3) is 0 Å². The van der Waals surface area contributed by atoms with E-state index in [0.717, 1.165) is 17.7 Å². The number of esters is 1. The lowest BCUT2D eigenvalue weighted by Gasteiger charge is -2.16. The van der Waals surface area contributed by atoms with Gasteiger partial charge in [-0.15, -0.1) is 0 Å². The molecule has 3 rings (SSSR count). The van der Waals surface area contributed by atoms with E-state index in [-0.39, 0.29) is 24.5 Å². The number of nitrogens with zero attached hydrogens (tertiary/aromatic N) is 1. The predicted octanol–water partition coefficient (Wildman–Crippen LogP) is 2.85. The number of carbonyl (C=O) groups excluding carboxylic acids is 3. The Kier molecular flexibility index (Phi) is 5.86. The van der Waals surface area contributed by atoms with Gasteiger partial charge in [0, 0.05) is 18.7 Å². The van der Waals surface area contributed by atoms with Gasteiger partial charge in [-0.05, 0) is 43.2 Å². The summed E-state index contributed by atoms with van der Waals surface area (Å²) in [5.41, 5.74) is 2.09. The largest absolute Gasteiger partial charge is 0.452 e. The van der Waals surface area contributed by atoms with Crippen molar-refractivity contribution in [3.8, 4) is 0 Å². The number of carbonyl (C=O) groups is 3. The van der Waals surface area contributed by atoms with Crippen LogP contribution in [-0.4, -0.2) is 30.9 Å². The van der Waals surface area contributed by atoms with Crippen LogP contribution in [0.1, 0.15) is 41.7 Å². The fraction of sp³-hybridized carbons (Fsp3) is 0.286. The van der Waals surface area contributed by atoms with Crippen LogP contribution in [0.4, 0.5) is 5.69 Å². The lowest BCUT2D eigenvalue weighted by atomic mass is 10.1. The monoisotopic (exact) mass is 366 g/mol. The second kappa shape index (κ2) is 8.49. The number of ether oxygens (including phenoxy) is 1. The molecular formula is C21H22N2O4. The SMILES string of the molecule is C[C@@H](NC(=O)COC(=O)c1ccc(N2CCCC2=O)cc1)c1ccccc1. The molecule has 0 spiro atoms. The molecule has 27 heavy (non-hydrogen) atoms. The molecule has 0 radical (unpaired) electrons. The van der Waals surface area contributed by atoms with E-state index in [0.29, 0.717) is 18.5 Å². The van der Waals surface area contributed by atoms with Crippen LogP contribution in [0.3, 0.4) is 0 Å². The van der Waals surface area contributed by atoms with Crippen molar-refractivity contribution in [1.82, 2.24) is 5.32 Å². The van der Waals surface area contributed by atoms with Crippen LogP contribution in [0, 0.1) is 0 Å². The first-order chi connectivity index (χ1) is 13.0. The van der Waals surface area contributed by atoms with Crippen molar-refractivity contribution in [1.29, 1.82) is 0 Å². The number of benzene rings is 2. The molecule has 140 valence electrons. The fourth-order valence-electron chi connectivity index (χ4n) is 3.02. The Morgan fingerprint density at radius 1 is 1.11 bits per heavy atom. The van der Waals surface area contributed by atoms with Gasteiger partial charge in [0.15, 0.2) is 6.61 Å². The highest BCUT2D eigenvalue weighted by molar-refractivity contribution is 5.96. The zero-order chi connectivity index (χ0) is 19.2. The Balaban J connectivity index is 1.50. The number of anilines is 1. The second-order valence-corrected chi connectivity index (χ2v) is 6.47. The summed E-state index contributed by atoms with van der Waals surface area (Å²) in [5.74, 6) is -0.842. The first-order valence-electron chi connectivity index (χ1n) is 8.96. The molecule has 2 aromatic carbocycles. The summed E-state index contributed by atoms with van der Waals surface area (Å²) in [6.45, 7) is 2.22. The van der Waals surface area contributed by atoms with Crippen LogP contribution >= 0.6 is 0 Å². The minimum atomic E-state index is -0.572. The number of hydrogen-bond acceptors (Lipinski definition) is 4. The molecule has 2 amide bonds. The molecule has 0 aromatic heterocycles. The van der Waals surface area contributed by atoms with Gasteiger partial charge in [0.2, 0.25) is 5.91 Å². The zero-order valence-electron chi connectivity index (χ0n) is 15.2. The minimum absolute atomic E-state index is 0.0922. The highest BCUT2D eigenvalue weighted by Gasteiger charge is 2.22. The Morgan fingerprint density at radius 2 is 1.81 bits per heavy atom. The van der Waals surface area contributed by atoms with Crippen molar-refractivity contribution in [3.63, 3.8) is 0 Å². The number of nitrogens with one attached hydrogen (secondary N) is 1. The average molecular weight is 366 g/mol. The maximum atomic E-state index is 12.1. The topological polar surface area (TPSA) is 75.7 Å². The number of hydrogen-bond donors (Lipinski definition) is 1. The van der Waals surface area contributed by atoms with E-state index < -0.39 is 5.97 Å². The van der Waals surface area contributed by atoms with Gasteiger partial charge in [-0.2, -0.15) is 0 Å². The summed E-state index contributed by atoms with van der Waals surface area (Å²) >= 11 is 0. The van der Waals surface area contributed by atoms with Crippen molar-refractivity contribution < 1.29 is 19.1 Å². The van der Waals surface area contributed by atoms with Gasteiger partial charge in [-0.3, -0.25) is 9.59 Å². The molecule has 1 N–H and O–H groups in total. The number of amides is 2. The Labute approximate surface area is 158 Å². The molecule has 1 atom stereocenters. The van der Waals surface area contributed by atoms with Crippen molar-refractivity contribution >= 4 is 23.5 Å². The lowest BCUT2D eigenvalue weighted by Crippen LogP contribution is -2.31. The Morgan fingerprint density at radius 3 is 2.44 bits per heavy atom. The molecule has 0 unspecified atom stereocenters. The normalized spacial score (nSPS) is 14.7. The predicted molar refractivity (Wildman–Crippen MR) is 101 cm³/mol. The quantitative estimate of drug-likeness (QED) is 0.798. The summed E-state index contributed by atoms with van der Waals surface area (Å²) in [7, 11) is 0. The molecule has 1 fully saturated rings. The fourth-order valence-corrected chi connectivity index (χ4v) is 3.02. The van der Waals surface area contributed by atoms with Crippen LogP contribution in [0.15, 0.2) is 54.6 Å². The smallest absolute Gasteiger partial charge is 0.338 e. The maximum absolute atomic E-state index is 12.1. The highest BCUT2D eigenvalue weighted by atomic mass is 16.5. The molecular weight excluding hydrogens is 344 g/mol. The first-order valence-corrected chi connectivity index (χ1v) is 8.96. The second-order valence-electron chi connectivity index (χ2n) is 6.47. The molecule has 6 nitrogen and oxygen atoms in total. The van der Waals surface area contributed by atoms with E-state index in [9.17, 15) is 14.4 Å². The van der Waals surface area contributed by atoms with E-state index >= 15 is 0 Å². The van der Waals surface area contributed by atoms with Crippen molar-refractivity contribution in [2.45, 2.75) is 25.8 Å². The third-order valence-electron chi connectivity index (χ3n) is 4.50. The molecule has 1 aliphatic heterocycles. The molecule has 0 saturated carbocycles. The highest BCUT2D eigenvalue weighted by Crippen LogP contribution is 2.21. The standard InChI is InChI=1S/C21H22N2O4/c1-15(16-6-3-2-4-7-16)22-19(24)14-27-21(26)17-9-11-18(12-10-17)23-13-5-8-20(23)25/h2-4,6-7,9-12,15H,5,8,13-14H2,1H3,(H,22,24)/t15-/m1/s1. The molecule has 6 heteroatoms. The van der Waals surface area contributed by atoms with Crippen LogP contribution < -0.4 is 10.2 Å². The lowest BCUT2D eigenvalue weighted by molar-refractivity contribution is -0.124. The molecule has 0 bridgehead atoms. The molecule has 1 aliphatic rings. The van der Waals surface area contributed by atoms with Gasteiger partial charge in [0.1, 0.15) is 0 Å². The molecule has 2 aromatic rings. The van der Waals surface area contributed by atoms with Crippen LogP contribution in [0.5, 0.6) is 0 Å². The summed E-state index contributed by atoms with van der Waals surface area (Å²) < 4.78 is 5.08. The zero-order valence-corrected chi connectivity index (χ0v) is 15.2. The minimum Gasteiger partial charge on any atom is -0.452 e. The van der Waals surface area contributed by atoms with E-state index in [1.54, 1.807) is 29.2 Å². The van der Waals surface area contributed by atoms with Gasteiger partial charge in [-0.1, -0.05) is 30.3 Å². The third kappa shape index (κ3) is 4.73. The van der Waals surface area contributed by atoms with Gasteiger partial charge >= 0.3 is 5.97 Å². The summed E-state index contributed by atoms with van der Waals surface area (Å²) in [4.78, 5) is 37.6. The summed E-state index contributed by atoms with van der Waals surface area (Å²) in [6.07, 6.45) is 1.40. The first kappa shape index (κ1) is 18.6. The van der Waals surface area contributed by atoms with E-state index in [1.807, 2.05) is 37.3 Å². The molecule has 1 heterocycles. The number of rotatable bonds is 6. The van der Waals surface area contributed by atoms with Crippen LogP contribution in [0.2, 0.25) is 0 Å². The van der Waals surface area contributed by atoms with Gasteiger partial charge in [0.05, 0.1) is 11.6 Å². The average Bonchev–Trinajstić information content (AvgIpc) is 3.13. The maximum Gasteiger partial charge on any atom is 0.338 e. The van der Waals surface area contributed by atoms with E-state index in [4.69, 9.17) is 4.74 Å². The Bertz CT molecular complexity index is 818. The summed E-state index contributed by atoms with van der Waals surface area (Å²) in [6, 6.07) is 16.0. The Hall–Kier alpha value is -3.15. The third-order valence-corrected chi connectivity index (χ3v) is 4.50. The van der Waals surface area contributed by atoms with Gasteiger partial charge in [0.25, 0.3) is 5.91 Å². The molecule has 0 aliphatic carbocycles. The van der Waals surface area contributed by atoms with Crippen LogP contribution in [-0.2, 0) is 14.3 Å². The summed E-state index contributed by atoms with van der Waals surface area (Å²) in [5, 5.41) is 2.79. The van der Waals surface area contributed by atoms with E-state index in [1.165, 1.54) is 0 Å². The van der Waals surface area contributed by atoms with Gasteiger partial charge in [-0.25, -0.2) is 4.79 Å². The van der Waals surface area contributed by atoms with Gasteiger partial charge < -0.3 is 15.0 Å². The van der Waals surface area contributed by atoms with Crippen molar-refractivity contribution in [3.05, 3.63) is 65.7 Å². The molecule has 1 saturated heterocycles.